The molecule has 3 rings (SSSR count). The predicted octanol–water partition coefficient (Wildman–Crippen LogP) is 0.842. The summed E-state index contributed by atoms with van der Waals surface area (Å²) in [6.45, 7) is 0.705. The van der Waals surface area contributed by atoms with Crippen LogP contribution in [0.1, 0.15) is 31.2 Å². The van der Waals surface area contributed by atoms with Crippen molar-refractivity contribution in [2.24, 2.45) is 11.5 Å². The van der Waals surface area contributed by atoms with E-state index in [1.165, 1.54) is 29.2 Å². The zero-order valence-electron chi connectivity index (χ0n) is 21.5. The van der Waals surface area contributed by atoms with Gasteiger partial charge in [0.1, 0.15) is 12.1 Å². The number of nitrogens with one attached hydrogen (secondary N) is 4. The lowest BCUT2D eigenvalue weighted by atomic mass is 10.0. The van der Waals surface area contributed by atoms with Crippen molar-refractivity contribution in [1.82, 2.24) is 15.5 Å². The summed E-state index contributed by atoms with van der Waals surface area (Å²) in [6, 6.07) is 12.2. The largest absolute Gasteiger partial charge is 0.370 e. The summed E-state index contributed by atoms with van der Waals surface area (Å²) >= 11 is 0. The average Bonchev–Trinajstić information content (AvgIpc) is 3.40. The SMILES string of the molecule is N=C(N)NCCC[C@H](NC(=O)[C@@H]1CCCN1C(=O)[C@H](N)Cc1ccccc1)C(=O)Nc1ccc([N+](=O)[O-])cc1. The molecule has 1 aliphatic heterocycles. The number of nitro benzene ring substituents is 1. The number of nitrogens with zero attached hydrogens (tertiary/aromatic N) is 2. The number of amides is 3. The summed E-state index contributed by atoms with van der Waals surface area (Å²) in [4.78, 5) is 51.3. The molecule has 2 aromatic rings. The molecule has 0 unspecified atom stereocenters. The van der Waals surface area contributed by atoms with Gasteiger partial charge < -0.3 is 32.3 Å². The topological polar surface area (TPSA) is 210 Å². The van der Waals surface area contributed by atoms with Crippen molar-refractivity contribution >= 4 is 35.1 Å². The van der Waals surface area contributed by atoms with Crippen LogP contribution in [0.25, 0.3) is 0 Å². The number of carbonyl (C=O) groups is 3. The molecular weight excluding hydrogens is 504 g/mol. The van der Waals surface area contributed by atoms with E-state index in [0.717, 1.165) is 5.56 Å². The Morgan fingerprint density at radius 1 is 1.13 bits per heavy atom. The van der Waals surface area contributed by atoms with Crippen LogP contribution in [0.3, 0.4) is 0 Å². The highest BCUT2D eigenvalue weighted by Crippen LogP contribution is 2.20. The summed E-state index contributed by atoms with van der Waals surface area (Å²) in [5.41, 5.74) is 12.6. The first-order valence-electron chi connectivity index (χ1n) is 12.7. The van der Waals surface area contributed by atoms with Crippen LogP contribution in [-0.2, 0) is 20.8 Å². The number of hydrogen-bond donors (Lipinski definition) is 6. The molecule has 0 aromatic heterocycles. The quantitative estimate of drug-likeness (QED) is 0.0748. The van der Waals surface area contributed by atoms with E-state index >= 15 is 0 Å². The zero-order chi connectivity index (χ0) is 28.4. The standard InChI is InChI=1S/C26H34N8O5/c27-20(16-17-6-2-1-3-7-17)25(37)33-15-5-9-22(33)24(36)32-21(8-4-14-30-26(28)29)23(35)31-18-10-12-19(13-11-18)34(38)39/h1-3,6-7,10-13,20-22H,4-5,8-9,14-16,27H2,(H,31,35)(H,32,36)(H4,28,29,30)/t20-,21+,22+/m1/s1. The van der Waals surface area contributed by atoms with Gasteiger partial charge in [0, 0.05) is 30.9 Å². The van der Waals surface area contributed by atoms with E-state index in [1.54, 1.807) is 0 Å². The number of guanidine groups is 1. The van der Waals surface area contributed by atoms with Gasteiger partial charge in [-0.15, -0.1) is 0 Å². The molecular formula is C26H34N8O5. The second-order valence-corrected chi connectivity index (χ2v) is 9.32. The second kappa shape index (κ2) is 13.9. The third-order valence-corrected chi connectivity index (χ3v) is 6.42. The van der Waals surface area contributed by atoms with Crippen molar-refractivity contribution in [2.75, 3.05) is 18.4 Å². The van der Waals surface area contributed by atoms with Crippen LogP contribution < -0.4 is 27.4 Å². The molecule has 0 spiro atoms. The Kier molecular flexibility index (Phi) is 10.3. The third-order valence-electron chi connectivity index (χ3n) is 6.42. The van der Waals surface area contributed by atoms with Gasteiger partial charge in [0.05, 0.1) is 11.0 Å². The van der Waals surface area contributed by atoms with Crippen molar-refractivity contribution < 1.29 is 19.3 Å². The molecule has 0 radical (unpaired) electrons. The van der Waals surface area contributed by atoms with Crippen LogP contribution in [0.5, 0.6) is 0 Å². The molecule has 1 aliphatic rings. The van der Waals surface area contributed by atoms with Gasteiger partial charge >= 0.3 is 0 Å². The summed E-state index contributed by atoms with van der Waals surface area (Å²) in [7, 11) is 0. The Morgan fingerprint density at radius 3 is 2.46 bits per heavy atom. The summed E-state index contributed by atoms with van der Waals surface area (Å²) < 4.78 is 0. The van der Waals surface area contributed by atoms with Crippen LogP contribution in [0.4, 0.5) is 11.4 Å². The zero-order valence-corrected chi connectivity index (χ0v) is 21.5. The molecule has 13 heteroatoms. The minimum Gasteiger partial charge on any atom is -0.370 e. The maximum absolute atomic E-state index is 13.3. The van der Waals surface area contributed by atoms with E-state index in [9.17, 15) is 24.5 Å². The number of non-ortho nitro benzene ring substituents is 1. The number of anilines is 1. The summed E-state index contributed by atoms with van der Waals surface area (Å²) in [5, 5.41) is 26.3. The van der Waals surface area contributed by atoms with Crippen molar-refractivity contribution in [3.05, 3.63) is 70.3 Å². The van der Waals surface area contributed by atoms with E-state index in [-0.39, 0.29) is 24.0 Å². The predicted molar refractivity (Wildman–Crippen MR) is 146 cm³/mol. The van der Waals surface area contributed by atoms with Crippen LogP contribution in [0.15, 0.2) is 54.6 Å². The Labute approximate surface area is 226 Å². The Hall–Kier alpha value is -4.52. The van der Waals surface area contributed by atoms with Gasteiger partial charge in [-0.05, 0) is 49.8 Å². The van der Waals surface area contributed by atoms with E-state index < -0.39 is 34.9 Å². The van der Waals surface area contributed by atoms with E-state index in [4.69, 9.17) is 16.9 Å². The lowest BCUT2D eigenvalue weighted by Gasteiger charge is -2.28. The molecule has 13 nitrogen and oxygen atoms in total. The van der Waals surface area contributed by atoms with Crippen molar-refractivity contribution in [3.63, 3.8) is 0 Å². The molecule has 1 heterocycles. The van der Waals surface area contributed by atoms with Crippen LogP contribution in [-0.4, -0.2) is 64.7 Å². The van der Waals surface area contributed by atoms with Crippen molar-refractivity contribution in [3.8, 4) is 0 Å². The number of nitrogens with two attached hydrogens (primary N) is 2. The molecule has 39 heavy (non-hydrogen) atoms. The number of carbonyl (C=O) groups excluding carboxylic acids is 3. The fourth-order valence-electron chi connectivity index (χ4n) is 4.43. The molecule has 3 atom stereocenters. The van der Waals surface area contributed by atoms with Gasteiger partial charge in [0.25, 0.3) is 5.69 Å². The highest BCUT2D eigenvalue weighted by molar-refractivity contribution is 5.98. The summed E-state index contributed by atoms with van der Waals surface area (Å²) in [6.07, 6.45) is 2.04. The Bertz CT molecular complexity index is 1170. The van der Waals surface area contributed by atoms with Crippen molar-refractivity contribution in [2.45, 2.75) is 50.2 Å². The number of likely N-dealkylation sites (tertiary alicyclic amines) is 1. The monoisotopic (exact) mass is 538 g/mol. The van der Waals surface area contributed by atoms with Gasteiger partial charge in [0.15, 0.2) is 5.96 Å². The molecule has 0 bridgehead atoms. The van der Waals surface area contributed by atoms with Crippen LogP contribution >= 0.6 is 0 Å². The highest BCUT2D eigenvalue weighted by atomic mass is 16.6. The van der Waals surface area contributed by atoms with E-state index in [0.29, 0.717) is 44.5 Å². The first-order valence-corrected chi connectivity index (χ1v) is 12.7. The minimum absolute atomic E-state index is 0.121. The molecule has 0 saturated carbocycles. The molecule has 8 N–H and O–H groups in total. The number of hydrogen-bond acceptors (Lipinski definition) is 7. The lowest BCUT2D eigenvalue weighted by Crippen LogP contribution is -2.54. The first-order chi connectivity index (χ1) is 18.7. The fraction of sp³-hybridized carbons (Fsp3) is 0.385. The maximum atomic E-state index is 13.3. The van der Waals surface area contributed by atoms with Gasteiger partial charge in [-0.3, -0.25) is 29.9 Å². The van der Waals surface area contributed by atoms with E-state index in [1.807, 2.05) is 30.3 Å². The number of benzene rings is 2. The molecule has 0 aliphatic carbocycles. The van der Waals surface area contributed by atoms with Gasteiger partial charge in [-0.2, -0.15) is 0 Å². The summed E-state index contributed by atoms with van der Waals surface area (Å²) in [5.74, 6) is -1.51. The maximum Gasteiger partial charge on any atom is 0.269 e. The second-order valence-electron chi connectivity index (χ2n) is 9.32. The lowest BCUT2D eigenvalue weighted by molar-refractivity contribution is -0.384. The van der Waals surface area contributed by atoms with Gasteiger partial charge in [0.2, 0.25) is 17.7 Å². The van der Waals surface area contributed by atoms with E-state index in [2.05, 4.69) is 16.0 Å². The fourth-order valence-corrected chi connectivity index (χ4v) is 4.43. The minimum atomic E-state index is -0.961. The molecule has 3 amide bonds. The van der Waals surface area contributed by atoms with Gasteiger partial charge in [-0.1, -0.05) is 30.3 Å². The Balaban J connectivity index is 1.66. The number of rotatable bonds is 12. The third kappa shape index (κ3) is 8.50. The van der Waals surface area contributed by atoms with Crippen LogP contribution in [0, 0.1) is 15.5 Å². The van der Waals surface area contributed by atoms with Crippen molar-refractivity contribution in [1.29, 1.82) is 5.41 Å². The average molecular weight is 539 g/mol. The highest BCUT2D eigenvalue weighted by Gasteiger charge is 2.37. The Morgan fingerprint density at radius 2 is 1.82 bits per heavy atom. The molecule has 1 fully saturated rings. The number of nitro groups is 1. The molecule has 1 saturated heterocycles. The van der Waals surface area contributed by atoms with Gasteiger partial charge in [-0.25, -0.2) is 0 Å². The smallest absolute Gasteiger partial charge is 0.269 e. The van der Waals surface area contributed by atoms with Crippen LogP contribution in [0.2, 0.25) is 0 Å². The normalized spacial score (nSPS) is 16.1. The molecule has 208 valence electrons. The molecule has 2 aromatic carbocycles. The first kappa shape index (κ1) is 29.0.